The fourth-order valence-corrected chi connectivity index (χ4v) is 10.2. The van der Waals surface area contributed by atoms with Crippen LogP contribution >= 0.6 is 11.8 Å². The maximum atomic E-state index is 12.4. The summed E-state index contributed by atoms with van der Waals surface area (Å²) in [6.45, 7) is 10.3. The number of benzene rings is 1. The van der Waals surface area contributed by atoms with Gasteiger partial charge in [-0.2, -0.15) is 11.8 Å². The first-order valence-electron chi connectivity index (χ1n) is 15.7. The topological polar surface area (TPSA) is 62.2 Å². The Morgan fingerprint density at radius 2 is 1.68 bits per heavy atom. The molecule has 0 radical (unpaired) electrons. The first-order chi connectivity index (χ1) is 18.8. The smallest absolute Gasteiger partial charge is 0.171 e. The number of nitrogens with zero attached hydrogens (tertiary/aromatic N) is 1. The molecule has 2 N–H and O–H groups in total. The number of hydrogen-bond acceptors (Lipinski definition) is 6. The lowest BCUT2D eigenvalue weighted by atomic mass is 9.50. The van der Waals surface area contributed by atoms with E-state index in [4.69, 9.17) is 9.47 Å². The number of rotatable bonds is 5. The molecule has 40 heavy (non-hydrogen) atoms. The average Bonchev–Trinajstić information content (AvgIpc) is 3.18. The van der Waals surface area contributed by atoms with Gasteiger partial charge in [0.05, 0.1) is 24.4 Å². The molecule has 1 aromatic carbocycles. The van der Waals surface area contributed by atoms with Crippen molar-refractivity contribution in [3.05, 3.63) is 41.0 Å². The molecule has 0 aromatic heterocycles. The van der Waals surface area contributed by atoms with E-state index in [2.05, 4.69) is 71.0 Å². The molecule has 6 atom stereocenters. The summed E-state index contributed by atoms with van der Waals surface area (Å²) in [5.41, 5.74) is 3.64. The van der Waals surface area contributed by atoms with Crippen LogP contribution in [0.15, 0.2) is 35.4 Å². The number of anilines is 1. The van der Waals surface area contributed by atoms with Gasteiger partial charge in [0.1, 0.15) is 0 Å². The van der Waals surface area contributed by atoms with Crippen LogP contribution in [0.25, 0.3) is 0 Å². The van der Waals surface area contributed by atoms with Crippen molar-refractivity contribution in [2.24, 2.45) is 22.7 Å². The van der Waals surface area contributed by atoms with Crippen LogP contribution in [-0.4, -0.2) is 66.0 Å². The summed E-state index contributed by atoms with van der Waals surface area (Å²) in [5, 5.41) is 24.6. The van der Waals surface area contributed by atoms with Gasteiger partial charge in [-0.1, -0.05) is 45.4 Å². The van der Waals surface area contributed by atoms with Crippen molar-refractivity contribution < 1.29 is 19.7 Å². The molecule has 1 aliphatic heterocycles. The van der Waals surface area contributed by atoms with Crippen LogP contribution in [0.5, 0.6) is 0 Å². The van der Waals surface area contributed by atoms with Crippen LogP contribution in [-0.2, 0) is 9.47 Å². The van der Waals surface area contributed by atoms with Crippen molar-refractivity contribution in [3.8, 4) is 0 Å². The molecule has 1 heterocycles. The Balaban J connectivity index is 1.41. The molecule has 1 aromatic rings. The van der Waals surface area contributed by atoms with Gasteiger partial charge in [0.25, 0.3) is 0 Å². The van der Waals surface area contributed by atoms with Crippen molar-refractivity contribution >= 4 is 17.4 Å². The summed E-state index contributed by atoms with van der Waals surface area (Å²) in [6, 6.07) is 9.06. The standard InChI is InChI=1S/C34H51NO4S/c1-7-40-22-33(37)16-13-27-25-12-15-32(36)19-34(38-20-30(2,3)21-39-34)17-14-28(32)29(25)26(18-31(27,33)4)23-8-10-24(11-9-23)35(5)6/h8-11,25-27,36-37H,7,12-22H2,1-6H3/t25-,26+,27-,31-,32+,33+/m0/s1. The highest BCUT2D eigenvalue weighted by molar-refractivity contribution is 7.99. The Labute approximate surface area is 246 Å². The summed E-state index contributed by atoms with van der Waals surface area (Å²) in [4.78, 5) is 2.15. The third-order valence-corrected chi connectivity index (χ3v) is 12.6. The largest absolute Gasteiger partial charge is 0.388 e. The van der Waals surface area contributed by atoms with E-state index in [0.717, 1.165) is 56.5 Å². The van der Waals surface area contributed by atoms with Gasteiger partial charge in [-0.15, -0.1) is 0 Å². The lowest BCUT2D eigenvalue weighted by Gasteiger charge is -2.58. The lowest BCUT2D eigenvalue weighted by Crippen LogP contribution is -2.58. The van der Waals surface area contributed by atoms with E-state index >= 15 is 0 Å². The molecule has 0 bridgehead atoms. The van der Waals surface area contributed by atoms with E-state index in [9.17, 15) is 10.2 Å². The summed E-state index contributed by atoms with van der Waals surface area (Å²) >= 11 is 1.88. The molecule has 1 spiro atoms. The molecule has 4 fully saturated rings. The minimum absolute atomic E-state index is 0.0112. The van der Waals surface area contributed by atoms with Crippen LogP contribution in [0.2, 0.25) is 0 Å². The van der Waals surface area contributed by atoms with Crippen molar-refractivity contribution in [1.29, 1.82) is 0 Å². The second-order valence-electron chi connectivity index (χ2n) is 14.9. The number of thioether (sulfide) groups is 1. The minimum Gasteiger partial charge on any atom is -0.388 e. The van der Waals surface area contributed by atoms with Crippen LogP contribution < -0.4 is 4.90 Å². The molecule has 6 rings (SSSR count). The van der Waals surface area contributed by atoms with Crippen LogP contribution in [0.3, 0.4) is 0 Å². The summed E-state index contributed by atoms with van der Waals surface area (Å²) in [6.07, 6.45) is 6.81. The molecular weight excluding hydrogens is 518 g/mol. The molecule has 0 amide bonds. The van der Waals surface area contributed by atoms with Gasteiger partial charge in [0, 0.05) is 55.1 Å². The van der Waals surface area contributed by atoms with E-state index in [-0.39, 0.29) is 16.7 Å². The molecule has 222 valence electrons. The quantitative estimate of drug-likeness (QED) is 0.393. The lowest BCUT2D eigenvalue weighted by molar-refractivity contribution is -0.322. The molecule has 5 aliphatic rings. The SMILES string of the molecule is CCSC[C@]1(O)CC[C@H]2[C@@H]3CC[C@@]4(O)CC5(CCC4=C3[C@@H](c3ccc(N(C)C)cc3)C[C@@]21C)OCC(C)(C)CO5. The van der Waals surface area contributed by atoms with Crippen LogP contribution in [0.4, 0.5) is 5.69 Å². The monoisotopic (exact) mass is 569 g/mol. The van der Waals surface area contributed by atoms with Crippen molar-refractivity contribution in [3.63, 3.8) is 0 Å². The van der Waals surface area contributed by atoms with E-state index in [0.29, 0.717) is 31.5 Å². The van der Waals surface area contributed by atoms with Gasteiger partial charge >= 0.3 is 0 Å². The Hall–Kier alpha value is -1.05. The molecule has 6 heteroatoms. The molecule has 0 unspecified atom stereocenters. The predicted molar refractivity (Wildman–Crippen MR) is 164 cm³/mol. The van der Waals surface area contributed by atoms with Gasteiger partial charge in [0.2, 0.25) is 0 Å². The van der Waals surface area contributed by atoms with Crippen LogP contribution in [0.1, 0.15) is 90.5 Å². The Morgan fingerprint density at radius 3 is 2.33 bits per heavy atom. The zero-order valence-corrected chi connectivity index (χ0v) is 26.4. The molecule has 3 saturated carbocycles. The Kier molecular flexibility index (Phi) is 7.27. The highest BCUT2D eigenvalue weighted by Crippen LogP contribution is 2.68. The minimum atomic E-state index is -0.881. The fraction of sp³-hybridized carbons (Fsp3) is 0.765. The number of ether oxygens (including phenoxy) is 2. The summed E-state index contributed by atoms with van der Waals surface area (Å²) in [5.74, 6) is 2.26. The zero-order chi connectivity index (χ0) is 28.6. The van der Waals surface area contributed by atoms with Crippen molar-refractivity contribution in [1.82, 2.24) is 0 Å². The molecule has 4 aliphatic carbocycles. The molecule has 1 saturated heterocycles. The van der Waals surface area contributed by atoms with Crippen molar-refractivity contribution in [2.45, 2.75) is 102 Å². The Morgan fingerprint density at radius 1 is 0.975 bits per heavy atom. The predicted octanol–water partition coefficient (Wildman–Crippen LogP) is 6.53. The highest BCUT2D eigenvalue weighted by Gasteiger charge is 2.64. The number of fused-ring (bicyclic) bond motifs is 4. The maximum absolute atomic E-state index is 12.4. The van der Waals surface area contributed by atoms with E-state index < -0.39 is 17.0 Å². The second-order valence-corrected chi connectivity index (χ2v) is 16.2. The average molecular weight is 570 g/mol. The van der Waals surface area contributed by atoms with E-state index in [1.165, 1.54) is 22.4 Å². The van der Waals surface area contributed by atoms with Gasteiger partial charge in [0.15, 0.2) is 5.79 Å². The van der Waals surface area contributed by atoms with Gasteiger partial charge in [-0.05, 0) is 79.4 Å². The fourth-order valence-electron chi connectivity index (χ4n) is 9.16. The van der Waals surface area contributed by atoms with E-state index in [1.807, 2.05) is 11.8 Å². The first kappa shape index (κ1) is 29.0. The third kappa shape index (κ3) is 4.59. The normalized spacial score (nSPS) is 40.0. The second kappa shape index (κ2) is 10.0. The maximum Gasteiger partial charge on any atom is 0.171 e. The number of hydrogen-bond donors (Lipinski definition) is 2. The van der Waals surface area contributed by atoms with Gasteiger partial charge in [-0.3, -0.25) is 0 Å². The summed E-state index contributed by atoms with van der Waals surface area (Å²) < 4.78 is 12.8. The molecule has 5 nitrogen and oxygen atoms in total. The third-order valence-electron chi connectivity index (χ3n) is 11.5. The first-order valence-corrected chi connectivity index (χ1v) is 16.8. The van der Waals surface area contributed by atoms with Gasteiger partial charge < -0.3 is 24.6 Å². The van der Waals surface area contributed by atoms with Crippen LogP contribution in [0, 0.1) is 22.7 Å². The number of aliphatic hydroxyl groups is 2. The molecular formula is C34H51NO4S. The summed E-state index contributed by atoms with van der Waals surface area (Å²) in [7, 11) is 4.17. The number of allylic oxidation sites excluding steroid dienone is 1. The highest BCUT2D eigenvalue weighted by atomic mass is 32.2. The van der Waals surface area contributed by atoms with Crippen molar-refractivity contribution in [2.75, 3.05) is 43.7 Å². The zero-order valence-electron chi connectivity index (χ0n) is 25.6. The van der Waals surface area contributed by atoms with E-state index in [1.54, 1.807) is 0 Å². The van der Waals surface area contributed by atoms with Gasteiger partial charge in [-0.25, -0.2) is 0 Å². The Bertz CT molecular complexity index is 1140.